The fraction of sp³-hybridized carbons (Fsp3) is 0.0204. The summed E-state index contributed by atoms with van der Waals surface area (Å²) in [5.41, 5.74) is 15.7. The van der Waals surface area contributed by atoms with Crippen LogP contribution in [-0.2, 0) is 5.41 Å². The molecule has 51 heavy (non-hydrogen) atoms. The first-order valence-corrected chi connectivity index (χ1v) is 18.3. The Balaban J connectivity index is 1.25. The van der Waals surface area contributed by atoms with Crippen LogP contribution in [0.5, 0.6) is 0 Å². The lowest BCUT2D eigenvalue weighted by Gasteiger charge is -2.36. The topological polar surface area (TPSA) is 3.24 Å². The van der Waals surface area contributed by atoms with Crippen molar-refractivity contribution in [3.8, 4) is 33.4 Å². The lowest BCUT2D eigenvalue weighted by Crippen LogP contribution is -2.28. The Morgan fingerprint density at radius 3 is 1.37 bits per heavy atom. The summed E-state index contributed by atoms with van der Waals surface area (Å²) in [6.07, 6.45) is 0. The van der Waals surface area contributed by atoms with Crippen LogP contribution in [0.4, 0.5) is 17.1 Å². The van der Waals surface area contributed by atoms with Crippen LogP contribution in [0.1, 0.15) is 22.3 Å². The number of hydrogen-bond donors (Lipinski definition) is 0. The zero-order chi connectivity index (χ0) is 33.8. The van der Waals surface area contributed by atoms with Gasteiger partial charge in [-0.05, 0) is 80.4 Å². The second-order valence-electron chi connectivity index (χ2n) is 13.3. The third-order valence-corrected chi connectivity index (χ3v) is 11.6. The monoisotopic (exact) mass is 667 g/mol. The van der Waals surface area contributed by atoms with Crippen LogP contribution in [0, 0.1) is 0 Å². The highest BCUT2D eigenvalue weighted by molar-refractivity contribution is 7.99. The minimum absolute atomic E-state index is 0.463. The maximum absolute atomic E-state index is 2.52. The van der Waals surface area contributed by atoms with Gasteiger partial charge in [0, 0.05) is 15.4 Å². The highest BCUT2D eigenvalue weighted by atomic mass is 32.2. The molecule has 8 aromatic rings. The molecule has 0 spiro atoms. The Morgan fingerprint density at radius 1 is 0.353 bits per heavy atom. The summed E-state index contributed by atoms with van der Waals surface area (Å²) in [4.78, 5) is 5.01. The SMILES string of the molecule is c1ccc(-c2ccc3c(c2)Sc2cc(-c4ccccc4)ccc2N3c2cccc3c2-c2ccccc2C3(c2ccccc2)c2ccccc2)cc1. The van der Waals surface area contributed by atoms with Gasteiger partial charge in [0.1, 0.15) is 0 Å². The van der Waals surface area contributed by atoms with Crippen molar-refractivity contribution in [3.05, 3.63) is 222 Å². The van der Waals surface area contributed by atoms with Crippen LogP contribution in [0.15, 0.2) is 210 Å². The predicted octanol–water partition coefficient (Wildman–Crippen LogP) is 13.3. The number of anilines is 3. The Labute approximate surface area is 303 Å². The van der Waals surface area contributed by atoms with Crippen molar-refractivity contribution in [3.63, 3.8) is 0 Å². The fourth-order valence-electron chi connectivity index (χ4n) is 8.35. The molecule has 8 aromatic carbocycles. The average molecular weight is 668 g/mol. The molecule has 0 fully saturated rings. The summed E-state index contributed by atoms with van der Waals surface area (Å²) in [5, 5.41) is 0. The second kappa shape index (κ2) is 12.1. The van der Waals surface area contributed by atoms with Crippen molar-refractivity contribution >= 4 is 28.8 Å². The molecule has 2 aliphatic rings. The molecule has 2 heteroatoms. The van der Waals surface area contributed by atoms with E-state index < -0.39 is 5.41 Å². The van der Waals surface area contributed by atoms with Gasteiger partial charge in [-0.15, -0.1) is 0 Å². The van der Waals surface area contributed by atoms with E-state index in [2.05, 4.69) is 205 Å². The number of hydrogen-bond acceptors (Lipinski definition) is 2. The first-order valence-electron chi connectivity index (χ1n) is 17.5. The van der Waals surface area contributed by atoms with Crippen molar-refractivity contribution in [2.45, 2.75) is 15.2 Å². The number of benzene rings is 8. The van der Waals surface area contributed by atoms with Crippen LogP contribution >= 0.6 is 11.8 Å². The standard InChI is InChI=1S/C49H33NS/c1-5-16-34(17-6-1)36-28-30-43-46(32-36)51-47-33-37(35-18-7-2-8-19-35)29-31-44(47)50(43)45-27-15-26-42-48(45)40-24-13-14-25-41(40)49(42,38-20-9-3-10-21-38)39-22-11-4-12-23-39/h1-33H. The van der Waals surface area contributed by atoms with Crippen molar-refractivity contribution in [2.24, 2.45) is 0 Å². The Kier molecular flexibility index (Phi) is 7.04. The fourth-order valence-corrected chi connectivity index (χ4v) is 9.49. The predicted molar refractivity (Wildman–Crippen MR) is 213 cm³/mol. The first kappa shape index (κ1) is 29.8. The van der Waals surface area contributed by atoms with Gasteiger partial charge in [-0.3, -0.25) is 0 Å². The number of rotatable bonds is 5. The van der Waals surface area contributed by atoms with E-state index in [1.807, 2.05) is 11.8 Å². The van der Waals surface area contributed by atoms with Gasteiger partial charge in [0.25, 0.3) is 0 Å². The summed E-state index contributed by atoms with van der Waals surface area (Å²) < 4.78 is 0. The summed E-state index contributed by atoms with van der Waals surface area (Å²) in [6, 6.07) is 73.5. The molecule has 0 atom stereocenters. The third-order valence-electron chi connectivity index (χ3n) is 10.5. The van der Waals surface area contributed by atoms with Gasteiger partial charge in [-0.1, -0.05) is 182 Å². The Bertz CT molecular complexity index is 2410. The molecule has 240 valence electrons. The molecule has 0 unspecified atom stereocenters. The Morgan fingerprint density at radius 2 is 0.824 bits per heavy atom. The zero-order valence-corrected chi connectivity index (χ0v) is 28.7. The van der Waals surface area contributed by atoms with Crippen LogP contribution in [0.2, 0.25) is 0 Å². The molecule has 0 radical (unpaired) electrons. The van der Waals surface area contributed by atoms with Gasteiger partial charge in [-0.25, -0.2) is 0 Å². The van der Waals surface area contributed by atoms with Crippen LogP contribution in [0.3, 0.4) is 0 Å². The third kappa shape index (κ3) is 4.64. The van der Waals surface area contributed by atoms with Crippen molar-refractivity contribution in [1.29, 1.82) is 0 Å². The van der Waals surface area contributed by atoms with Crippen LogP contribution in [-0.4, -0.2) is 0 Å². The smallest absolute Gasteiger partial charge is 0.0714 e. The molecular formula is C49H33NS. The van der Waals surface area contributed by atoms with Crippen LogP contribution < -0.4 is 4.90 Å². The molecule has 0 amide bonds. The molecule has 0 aromatic heterocycles. The van der Waals surface area contributed by atoms with E-state index in [4.69, 9.17) is 0 Å². The molecule has 1 aliphatic heterocycles. The van der Waals surface area contributed by atoms with Gasteiger partial charge in [0.15, 0.2) is 0 Å². The lowest BCUT2D eigenvalue weighted by atomic mass is 9.68. The Hall–Kier alpha value is -6.09. The summed E-state index contributed by atoms with van der Waals surface area (Å²) >= 11 is 1.87. The van der Waals surface area contributed by atoms with Crippen molar-refractivity contribution in [2.75, 3.05) is 4.90 Å². The quantitative estimate of drug-likeness (QED) is 0.180. The van der Waals surface area contributed by atoms with E-state index in [0.29, 0.717) is 0 Å². The van der Waals surface area contributed by atoms with E-state index in [9.17, 15) is 0 Å². The van der Waals surface area contributed by atoms with E-state index in [1.165, 1.54) is 82.5 Å². The first-order chi connectivity index (χ1) is 25.3. The maximum atomic E-state index is 2.52. The van der Waals surface area contributed by atoms with Gasteiger partial charge in [0.05, 0.1) is 22.5 Å². The highest BCUT2D eigenvalue weighted by Crippen LogP contribution is 2.61. The summed E-state index contributed by atoms with van der Waals surface area (Å²) in [6.45, 7) is 0. The van der Waals surface area contributed by atoms with Gasteiger partial charge < -0.3 is 4.90 Å². The molecule has 0 saturated heterocycles. The van der Waals surface area contributed by atoms with E-state index in [0.717, 1.165) is 0 Å². The number of fused-ring (bicyclic) bond motifs is 5. The highest BCUT2D eigenvalue weighted by Gasteiger charge is 2.47. The second-order valence-corrected chi connectivity index (χ2v) is 14.3. The molecular weight excluding hydrogens is 635 g/mol. The minimum atomic E-state index is -0.463. The zero-order valence-electron chi connectivity index (χ0n) is 27.9. The van der Waals surface area contributed by atoms with Gasteiger partial charge in [-0.2, -0.15) is 0 Å². The maximum Gasteiger partial charge on any atom is 0.0714 e. The van der Waals surface area contributed by atoms with E-state index in [-0.39, 0.29) is 0 Å². The lowest BCUT2D eigenvalue weighted by molar-refractivity contribution is 0.768. The molecule has 0 bridgehead atoms. The molecule has 0 N–H and O–H groups in total. The van der Waals surface area contributed by atoms with Crippen molar-refractivity contribution in [1.82, 2.24) is 0 Å². The average Bonchev–Trinajstić information content (AvgIpc) is 3.52. The normalized spacial score (nSPS) is 13.5. The molecule has 1 heterocycles. The van der Waals surface area contributed by atoms with Gasteiger partial charge >= 0.3 is 0 Å². The van der Waals surface area contributed by atoms with E-state index >= 15 is 0 Å². The van der Waals surface area contributed by atoms with E-state index in [1.54, 1.807) is 0 Å². The molecule has 10 rings (SSSR count). The molecule has 0 saturated carbocycles. The summed E-state index contributed by atoms with van der Waals surface area (Å²) in [5.74, 6) is 0. The largest absolute Gasteiger partial charge is 0.308 e. The molecule has 1 aliphatic carbocycles. The van der Waals surface area contributed by atoms with Gasteiger partial charge in [0.2, 0.25) is 0 Å². The minimum Gasteiger partial charge on any atom is -0.308 e. The summed E-state index contributed by atoms with van der Waals surface area (Å²) in [7, 11) is 0. The molecule has 1 nitrogen and oxygen atoms in total. The number of nitrogens with zero attached hydrogens (tertiary/aromatic N) is 1. The van der Waals surface area contributed by atoms with Crippen molar-refractivity contribution < 1.29 is 0 Å². The van der Waals surface area contributed by atoms with Crippen LogP contribution in [0.25, 0.3) is 33.4 Å².